The van der Waals surface area contributed by atoms with Crippen molar-refractivity contribution >= 4 is 17.6 Å². The molecule has 1 aliphatic rings. The summed E-state index contributed by atoms with van der Waals surface area (Å²) >= 11 is 2.05. The van der Waals surface area contributed by atoms with E-state index in [0.717, 1.165) is 18.1 Å². The highest BCUT2D eigenvalue weighted by Crippen LogP contribution is 2.38. The third kappa shape index (κ3) is 2.61. The number of pyridine rings is 1. The molecule has 0 aliphatic carbocycles. The maximum absolute atomic E-state index is 5.26. The van der Waals surface area contributed by atoms with E-state index in [1.165, 1.54) is 18.6 Å². The number of ether oxygens (including phenoxy) is 1. The van der Waals surface area contributed by atoms with Gasteiger partial charge in [-0.1, -0.05) is 0 Å². The van der Waals surface area contributed by atoms with Gasteiger partial charge in [0, 0.05) is 17.5 Å². The Bertz CT molecular complexity index is 351. The Kier molecular flexibility index (Phi) is 3.59. The van der Waals surface area contributed by atoms with Crippen LogP contribution in [0.3, 0.4) is 0 Å². The van der Waals surface area contributed by atoms with Crippen LogP contribution in [0.15, 0.2) is 18.3 Å². The maximum Gasteiger partial charge on any atom is 0.168 e. The number of nitrogens with zero attached hydrogens (tertiary/aromatic N) is 1. The van der Waals surface area contributed by atoms with Crippen molar-refractivity contribution in [2.75, 3.05) is 24.7 Å². The maximum atomic E-state index is 5.26. The molecule has 0 saturated carbocycles. The number of anilines is 1. The summed E-state index contributed by atoms with van der Waals surface area (Å²) in [5.74, 6) is 2.94. The second-order valence-corrected chi connectivity index (χ2v) is 5.99. The lowest BCUT2D eigenvalue weighted by molar-refractivity contribution is 0.414. The SMILES string of the molecule is COc1cccnc1NCC1(C)CCCS1. The average Bonchev–Trinajstić information content (AvgIpc) is 2.74. The van der Waals surface area contributed by atoms with E-state index in [-0.39, 0.29) is 0 Å². The minimum atomic E-state index is 0.350. The van der Waals surface area contributed by atoms with Crippen LogP contribution in [0.2, 0.25) is 0 Å². The third-order valence-electron chi connectivity index (χ3n) is 2.92. The summed E-state index contributed by atoms with van der Waals surface area (Å²) in [6.07, 6.45) is 4.39. The molecule has 1 atom stereocenters. The van der Waals surface area contributed by atoms with E-state index in [1.807, 2.05) is 23.9 Å². The van der Waals surface area contributed by atoms with E-state index < -0.39 is 0 Å². The number of hydrogen-bond donors (Lipinski definition) is 1. The number of methoxy groups -OCH3 is 1. The van der Waals surface area contributed by atoms with Gasteiger partial charge in [0.25, 0.3) is 0 Å². The van der Waals surface area contributed by atoms with E-state index >= 15 is 0 Å². The smallest absolute Gasteiger partial charge is 0.168 e. The number of thioether (sulfide) groups is 1. The molecule has 16 heavy (non-hydrogen) atoms. The first-order valence-corrected chi connectivity index (χ1v) is 6.59. The fraction of sp³-hybridized carbons (Fsp3) is 0.583. The van der Waals surface area contributed by atoms with Crippen LogP contribution in [0, 0.1) is 0 Å². The van der Waals surface area contributed by atoms with Crippen LogP contribution in [-0.4, -0.2) is 29.1 Å². The zero-order valence-electron chi connectivity index (χ0n) is 9.82. The molecule has 1 saturated heterocycles. The van der Waals surface area contributed by atoms with Crippen LogP contribution in [0.5, 0.6) is 5.75 Å². The molecule has 2 heterocycles. The third-order valence-corrected chi connectivity index (χ3v) is 4.46. The topological polar surface area (TPSA) is 34.1 Å². The second kappa shape index (κ2) is 4.95. The molecule has 0 amide bonds. The van der Waals surface area contributed by atoms with Crippen LogP contribution in [0.25, 0.3) is 0 Å². The van der Waals surface area contributed by atoms with Gasteiger partial charge < -0.3 is 10.1 Å². The quantitative estimate of drug-likeness (QED) is 0.874. The first kappa shape index (κ1) is 11.6. The standard InChI is InChI=1S/C12H18N2OS/c1-12(6-4-8-16-12)9-14-11-10(15-2)5-3-7-13-11/h3,5,7H,4,6,8-9H2,1-2H3,(H,13,14). The molecule has 1 N–H and O–H groups in total. The summed E-state index contributed by atoms with van der Waals surface area (Å²) in [6.45, 7) is 3.26. The second-order valence-electron chi connectivity index (χ2n) is 4.31. The van der Waals surface area contributed by atoms with Crippen molar-refractivity contribution < 1.29 is 4.74 Å². The summed E-state index contributed by atoms with van der Waals surface area (Å²) in [4.78, 5) is 4.30. The Labute approximate surface area is 101 Å². The zero-order chi connectivity index (χ0) is 11.4. The van der Waals surface area contributed by atoms with Gasteiger partial charge in [-0.3, -0.25) is 0 Å². The molecule has 2 rings (SSSR count). The minimum Gasteiger partial charge on any atom is -0.493 e. The Morgan fingerprint density at radius 3 is 3.19 bits per heavy atom. The highest BCUT2D eigenvalue weighted by atomic mass is 32.2. The van der Waals surface area contributed by atoms with E-state index in [4.69, 9.17) is 4.74 Å². The fourth-order valence-corrected chi connectivity index (χ4v) is 3.18. The van der Waals surface area contributed by atoms with Gasteiger partial charge >= 0.3 is 0 Å². The lowest BCUT2D eigenvalue weighted by Crippen LogP contribution is -2.27. The van der Waals surface area contributed by atoms with Gasteiger partial charge in [0.05, 0.1) is 7.11 Å². The largest absolute Gasteiger partial charge is 0.493 e. The van der Waals surface area contributed by atoms with Crippen LogP contribution in [-0.2, 0) is 0 Å². The summed E-state index contributed by atoms with van der Waals surface area (Å²) in [6, 6.07) is 3.81. The zero-order valence-corrected chi connectivity index (χ0v) is 10.6. The highest BCUT2D eigenvalue weighted by Gasteiger charge is 2.29. The molecule has 1 aromatic rings. The van der Waals surface area contributed by atoms with E-state index in [9.17, 15) is 0 Å². The predicted octanol–water partition coefficient (Wildman–Crippen LogP) is 2.79. The van der Waals surface area contributed by atoms with Crippen molar-refractivity contribution in [3.63, 3.8) is 0 Å². The summed E-state index contributed by atoms with van der Waals surface area (Å²) < 4.78 is 5.61. The first-order chi connectivity index (χ1) is 7.73. The molecule has 0 radical (unpaired) electrons. The molecular weight excluding hydrogens is 220 g/mol. The molecule has 1 fully saturated rings. The predicted molar refractivity (Wildman–Crippen MR) is 69.4 cm³/mol. The molecule has 1 aromatic heterocycles. The summed E-state index contributed by atoms with van der Waals surface area (Å²) in [5, 5.41) is 3.39. The number of nitrogens with one attached hydrogen (secondary N) is 1. The molecule has 3 nitrogen and oxygen atoms in total. The number of hydrogen-bond acceptors (Lipinski definition) is 4. The van der Waals surface area contributed by atoms with Crippen LogP contribution < -0.4 is 10.1 Å². The van der Waals surface area contributed by atoms with Gasteiger partial charge in [-0.05, 0) is 37.7 Å². The van der Waals surface area contributed by atoms with Crippen molar-refractivity contribution in [2.45, 2.75) is 24.5 Å². The Balaban J connectivity index is 1.98. The lowest BCUT2D eigenvalue weighted by atomic mass is 10.1. The van der Waals surface area contributed by atoms with Gasteiger partial charge in [0.2, 0.25) is 0 Å². The highest BCUT2D eigenvalue weighted by molar-refractivity contribution is 8.00. The lowest BCUT2D eigenvalue weighted by Gasteiger charge is -2.23. The summed E-state index contributed by atoms with van der Waals surface area (Å²) in [5.41, 5.74) is 0. The molecule has 0 spiro atoms. The molecule has 4 heteroatoms. The van der Waals surface area contributed by atoms with Gasteiger partial charge in [-0.25, -0.2) is 4.98 Å². The van der Waals surface area contributed by atoms with Gasteiger partial charge in [-0.15, -0.1) is 0 Å². The van der Waals surface area contributed by atoms with Crippen LogP contribution >= 0.6 is 11.8 Å². The molecule has 1 unspecified atom stereocenters. The minimum absolute atomic E-state index is 0.350. The van der Waals surface area contributed by atoms with Crippen molar-refractivity contribution in [1.82, 2.24) is 4.98 Å². The van der Waals surface area contributed by atoms with Gasteiger partial charge in [0.15, 0.2) is 11.6 Å². The van der Waals surface area contributed by atoms with Gasteiger partial charge in [-0.2, -0.15) is 11.8 Å². The van der Waals surface area contributed by atoms with Crippen LogP contribution in [0.4, 0.5) is 5.82 Å². The van der Waals surface area contributed by atoms with Crippen molar-refractivity contribution in [1.29, 1.82) is 0 Å². The van der Waals surface area contributed by atoms with Crippen molar-refractivity contribution in [3.05, 3.63) is 18.3 Å². The van der Waals surface area contributed by atoms with Crippen molar-refractivity contribution in [2.24, 2.45) is 0 Å². The van der Waals surface area contributed by atoms with Gasteiger partial charge in [0.1, 0.15) is 0 Å². The Morgan fingerprint density at radius 2 is 2.50 bits per heavy atom. The van der Waals surface area contributed by atoms with Crippen LogP contribution in [0.1, 0.15) is 19.8 Å². The Morgan fingerprint density at radius 1 is 1.62 bits per heavy atom. The molecule has 0 bridgehead atoms. The van der Waals surface area contributed by atoms with E-state index in [0.29, 0.717) is 4.75 Å². The Hall–Kier alpha value is -0.900. The fourth-order valence-electron chi connectivity index (χ4n) is 1.93. The summed E-state index contributed by atoms with van der Waals surface area (Å²) in [7, 11) is 1.67. The molecule has 88 valence electrons. The first-order valence-electron chi connectivity index (χ1n) is 5.60. The normalized spacial score (nSPS) is 24.4. The average molecular weight is 238 g/mol. The van der Waals surface area contributed by atoms with Crippen molar-refractivity contribution in [3.8, 4) is 5.75 Å². The molecular formula is C12H18N2OS. The molecule has 0 aromatic carbocycles. The monoisotopic (exact) mass is 238 g/mol. The molecule has 1 aliphatic heterocycles. The van der Waals surface area contributed by atoms with E-state index in [2.05, 4.69) is 17.2 Å². The number of rotatable bonds is 4. The van der Waals surface area contributed by atoms with E-state index in [1.54, 1.807) is 13.3 Å². The number of aromatic nitrogens is 1.